The number of aromatic nitrogens is 2. The molecule has 0 fully saturated rings. The van der Waals surface area contributed by atoms with Crippen LogP contribution in [0.15, 0.2) is 170 Å². The zero-order chi connectivity index (χ0) is 30.5. The lowest BCUT2D eigenvalue weighted by Crippen LogP contribution is -1.93. The first-order chi connectivity index (χ1) is 22.8. The molecule has 9 rings (SSSR count). The number of fused-ring (bicyclic) bond motifs is 5. The minimum atomic E-state index is 0.866. The highest BCUT2D eigenvalue weighted by Crippen LogP contribution is 2.47. The van der Waals surface area contributed by atoms with Crippen LogP contribution < -0.4 is 0 Å². The van der Waals surface area contributed by atoms with Gasteiger partial charge in [-0.15, -0.1) is 0 Å². The van der Waals surface area contributed by atoms with Crippen molar-refractivity contribution in [1.82, 2.24) is 9.97 Å². The SMILES string of the molecule is c1ccc(-c2c3ccccc3c(-c3cc4ccccc4c4ccccc34)c3cc(-c4ccc(-c5ccccn5)nc4)ccc23)cc1. The molecule has 0 spiro atoms. The summed E-state index contributed by atoms with van der Waals surface area (Å²) in [4.78, 5) is 9.30. The molecule has 2 heteroatoms. The van der Waals surface area contributed by atoms with Crippen LogP contribution in [-0.4, -0.2) is 9.97 Å². The number of pyridine rings is 2. The topological polar surface area (TPSA) is 25.8 Å². The van der Waals surface area contributed by atoms with Crippen molar-refractivity contribution in [3.05, 3.63) is 170 Å². The second-order valence-electron chi connectivity index (χ2n) is 11.8. The fraction of sp³-hybridized carbons (Fsp3) is 0. The standard InChI is InChI=1S/C44H28N2/c1-2-12-29(13-3-1)43-36-18-8-9-19-37(36)44(39-27-31-14-4-5-15-33(31)34-16-6-7-17-35(34)39)40-26-30(21-23-38(40)43)32-22-24-42(46-28-32)41-20-10-11-25-45-41/h1-28H. The molecule has 0 aliphatic rings. The number of nitrogens with zero attached hydrogens (tertiary/aromatic N) is 2. The van der Waals surface area contributed by atoms with Gasteiger partial charge in [0.2, 0.25) is 0 Å². The van der Waals surface area contributed by atoms with Crippen molar-refractivity contribution in [1.29, 1.82) is 0 Å². The van der Waals surface area contributed by atoms with Crippen molar-refractivity contribution in [3.8, 4) is 44.8 Å². The first-order valence-electron chi connectivity index (χ1n) is 15.7. The minimum Gasteiger partial charge on any atom is -0.255 e. The Morgan fingerprint density at radius 1 is 0.326 bits per heavy atom. The lowest BCUT2D eigenvalue weighted by atomic mass is 9.83. The van der Waals surface area contributed by atoms with E-state index < -0.39 is 0 Å². The van der Waals surface area contributed by atoms with E-state index in [4.69, 9.17) is 4.98 Å². The third-order valence-corrected chi connectivity index (χ3v) is 9.15. The molecule has 0 bridgehead atoms. The second kappa shape index (κ2) is 10.8. The van der Waals surface area contributed by atoms with Gasteiger partial charge in [-0.05, 0) is 101 Å². The van der Waals surface area contributed by atoms with Gasteiger partial charge in [0.25, 0.3) is 0 Å². The highest BCUT2D eigenvalue weighted by atomic mass is 14.8. The molecule has 0 aliphatic heterocycles. The summed E-state index contributed by atoms with van der Waals surface area (Å²) >= 11 is 0. The van der Waals surface area contributed by atoms with Crippen LogP contribution in [0.3, 0.4) is 0 Å². The van der Waals surface area contributed by atoms with E-state index in [0.29, 0.717) is 0 Å². The number of hydrogen-bond acceptors (Lipinski definition) is 2. The van der Waals surface area contributed by atoms with E-state index in [9.17, 15) is 0 Å². The van der Waals surface area contributed by atoms with E-state index in [1.54, 1.807) is 6.20 Å². The zero-order valence-corrected chi connectivity index (χ0v) is 25.1. The Bertz CT molecular complexity index is 2550. The van der Waals surface area contributed by atoms with Crippen LogP contribution in [-0.2, 0) is 0 Å². The molecular weight excluding hydrogens is 556 g/mol. The molecule has 0 N–H and O–H groups in total. The maximum absolute atomic E-state index is 4.81. The van der Waals surface area contributed by atoms with Gasteiger partial charge in [0.15, 0.2) is 0 Å². The van der Waals surface area contributed by atoms with Crippen LogP contribution in [0.4, 0.5) is 0 Å². The Morgan fingerprint density at radius 2 is 0.957 bits per heavy atom. The normalized spacial score (nSPS) is 11.5. The summed E-state index contributed by atoms with van der Waals surface area (Å²) in [5.74, 6) is 0. The Hall–Kier alpha value is -6.12. The molecule has 214 valence electrons. The van der Waals surface area contributed by atoms with Crippen LogP contribution in [0, 0.1) is 0 Å². The number of rotatable bonds is 4. The third kappa shape index (κ3) is 4.27. The maximum atomic E-state index is 4.81. The minimum absolute atomic E-state index is 0.866. The summed E-state index contributed by atoms with van der Waals surface area (Å²) in [5.41, 5.74) is 8.92. The lowest BCUT2D eigenvalue weighted by Gasteiger charge is -2.20. The van der Waals surface area contributed by atoms with Crippen molar-refractivity contribution in [2.24, 2.45) is 0 Å². The molecule has 46 heavy (non-hydrogen) atoms. The molecule has 0 amide bonds. The van der Waals surface area contributed by atoms with E-state index in [2.05, 4.69) is 145 Å². The van der Waals surface area contributed by atoms with Gasteiger partial charge in [0.05, 0.1) is 11.4 Å². The highest BCUT2D eigenvalue weighted by molar-refractivity contribution is 6.26. The summed E-state index contributed by atoms with van der Waals surface area (Å²) in [7, 11) is 0. The van der Waals surface area contributed by atoms with Crippen LogP contribution in [0.1, 0.15) is 0 Å². The average Bonchev–Trinajstić information content (AvgIpc) is 3.14. The highest BCUT2D eigenvalue weighted by Gasteiger charge is 2.19. The molecule has 0 saturated carbocycles. The number of benzene rings is 7. The summed E-state index contributed by atoms with van der Waals surface area (Å²) in [5, 5.41) is 10.0. The van der Waals surface area contributed by atoms with Crippen LogP contribution in [0.25, 0.3) is 87.9 Å². The van der Waals surface area contributed by atoms with Gasteiger partial charge in [-0.25, -0.2) is 0 Å². The van der Waals surface area contributed by atoms with Gasteiger partial charge in [0, 0.05) is 18.0 Å². The summed E-state index contributed by atoms with van der Waals surface area (Å²) < 4.78 is 0. The summed E-state index contributed by atoms with van der Waals surface area (Å²) in [6, 6.07) is 56.7. The predicted octanol–water partition coefficient (Wildman–Crippen LogP) is 11.8. The largest absolute Gasteiger partial charge is 0.255 e. The summed E-state index contributed by atoms with van der Waals surface area (Å²) in [6.07, 6.45) is 3.77. The molecule has 0 saturated heterocycles. The van der Waals surface area contributed by atoms with Crippen molar-refractivity contribution < 1.29 is 0 Å². The van der Waals surface area contributed by atoms with Gasteiger partial charge >= 0.3 is 0 Å². The monoisotopic (exact) mass is 584 g/mol. The smallest absolute Gasteiger partial charge is 0.0886 e. The van der Waals surface area contributed by atoms with E-state index in [-0.39, 0.29) is 0 Å². The van der Waals surface area contributed by atoms with E-state index in [0.717, 1.165) is 22.5 Å². The average molecular weight is 585 g/mol. The molecule has 0 aliphatic carbocycles. The van der Waals surface area contributed by atoms with Crippen LogP contribution in [0.2, 0.25) is 0 Å². The lowest BCUT2D eigenvalue weighted by molar-refractivity contribution is 1.25. The molecule has 0 atom stereocenters. The van der Waals surface area contributed by atoms with E-state index in [1.165, 1.54) is 65.3 Å². The van der Waals surface area contributed by atoms with Gasteiger partial charge in [-0.1, -0.05) is 127 Å². The fourth-order valence-corrected chi connectivity index (χ4v) is 7.06. The molecule has 9 aromatic rings. The Kier molecular flexibility index (Phi) is 6.17. The van der Waals surface area contributed by atoms with Gasteiger partial charge in [-0.2, -0.15) is 0 Å². The van der Waals surface area contributed by atoms with Crippen molar-refractivity contribution in [2.75, 3.05) is 0 Å². The second-order valence-corrected chi connectivity index (χ2v) is 11.8. The third-order valence-electron chi connectivity index (χ3n) is 9.15. The first kappa shape index (κ1) is 26.3. The fourth-order valence-electron chi connectivity index (χ4n) is 7.06. The molecule has 0 unspecified atom stereocenters. The molecule has 2 aromatic heterocycles. The molecule has 2 nitrogen and oxygen atoms in total. The predicted molar refractivity (Wildman–Crippen MR) is 194 cm³/mol. The van der Waals surface area contributed by atoms with Gasteiger partial charge < -0.3 is 0 Å². The van der Waals surface area contributed by atoms with Crippen molar-refractivity contribution in [3.63, 3.8) is 0 Å². The summed E-state index contributed by atoms with van der Waals surface area (Å²) in [6.45, 7) is 0. The Labute approximate surface area is 267 Å². The quantitative estimate of drug-likeness (QED) is 0.152. The molecular formula is C44H28N2. The van der Waals surface area contributed by atoms with Crippen molar-refractivity contribution >= 4 is 43.1 Å². The Balaban J connectivity index is 1.38. The molecule has 7 aromatic carbocycles. The molecule has 0 radical (unpaired) electrons. The van der Waals surface area contributed by atoms with Crippen LogP contribution >= 0.6 is 0 Å². The number of hydrogen-bond donors (Lipinski definition) is 0. The van der Waals surface area contributed by atoms with Crippen LogP contribution in [0.5, 0.6) is 0 Å². The zero-order valence-electron chi connectivity index (χ0n) is 25.1. The maximum Gasteiger partial charge on any atom is 0.0886 e. The first-order valence-corrected chi connectivity index (χ1v) is 15.7. The van der Waals surface area contributed by atoms with Gasteiger partial charge in [0.1, 0.15) is 0 Å². The molecule has 2 heterocycles. The van der Waals surface area contributed by atoms with Crippen molar-refractivity contribution in [2.45, 2.75) is 0 Å². The van der Waals surface area contributed by atoms with E-state index in [1.807, 2.05) is 24.4 Å². The van der Waals surface area contributed by atoms with Gasteiger partial charge in [-0.3, -0.25) is 9.97 Å². The Morgan fingerprint density at radius 3 is 1.72 bits per heavy atom. The van der Waals surface area contributed by atoms with E-state index >= 15 is 0 Å².